The van der Waals surface area contributed by atoms with Crippen molar-refractivity contribution < 1.29 is 8.42 Å². The predicted octanol–water partition coefficient (Wildman–Crippen LogP) is 0.879. The molecule has 2 heterocycles. The zero-order chi connectivity index (χ0) is 14.9. The number of hydrogen-bond acceptors (Lipinski definition) is 4. The molecule has 1 unspecified atom stereocenters. The Balaban J connectivity index is 2.35. The van der Waals surface area contributed by atoms with E-state index in [0.29, 0.717) is 48.4 Å². The maximum Gasteiger partial charge on any atom is 0.246 e. The summed E-state index contributed by atoms with van der Waals surface area (Å²) in [6.07, 6.45) is 1.97. The van der Waals surface area contributed by atoms with Crippen molar-refractivity contribution in [1.29, 1.82) is 0 Å². The summed E-state index contributed by atoms with van der Waals surface area (Å²) >= 11 is 0. The van der Waals surface area contributed by atoms with Crippen LogP contribution in [0.15, 0.2) is 4.90 Å². The van der Waals surface area contributed by atoms with E-state index in [9.17, 15) is 8.42 Å². The minimum Gasteiger partial charge on any atom is -0.329 e. The quantitative estimate of drug-likeness (QED) is 0.875. The molecule has 2 N–H and O–H groups in total. The fourth-order valence-corrected chi connectivity index (χ4v) is 4.78. The smallest absolute Gasteiger partial charge is 0.246 e. The van der Waals surface area contributed by atoms with Crippen LogP contribution in [0.25, 0.3) is 0 Å². The van der Waals surface area contributed by atoms with Crippen LogP contribution in [0.2, 0.25) is 0 Å². The molecule has 0 spiro atoms. The highest BCUT2D eigenvalue weighted by molar-refractivity contribution is 7.89. The Bertz CT molecular complexity index is 579. The van der Waals surface area contributed by atoms with Crippen molar-refractivity contribution in [3.05, 3.63) is 11.4 Å². The molecular weight excluding hydrogens is 276 g/mol. The molecule has 1 fully saturated rings. The first-order valence-electron chi connectivity index (χ1n) is 7.16. The van der Waals surface area contributed by atoms with Gasteiger partial charge in [-0.25, -0.2) is 8.42 Å². The second-order valence-electron chi connectivity index (χ2n) is 5.44. The van der Waals surface area contributed by atoms with Crippen LogP contribution in [0.4, 0.5) is 0 Å². The number of rotatable bonds is 5. The molecule has 20 heavy (non-hydrogen) atoms. The van der Waals surface area contributed by atoms with Gasteiger partial charge in [-0.05, 0) is 26.2 Å². The Morgan fingerprint density at radius 3 is 2.65 bits per heavy atom. The second kappa shape index (κ2) is 5.83. The summed E-state index contributed by atoms with van der Waals surface area (Å²) in [7, 11) is -3.43. The van der Waals surface area contributed by atoms with Crippen molar-refractivity contribution in [2.24, 2.45) is 11.7 Å². The molecule has 6 nitrogen and oxygen atoms in total. The van der Waals surface area contributed by atoms with E-state index in [1.165, 1.54) is 0 Å². The van der Waals surface area contributed by atoms with Gasteiger partial charge in [0.25, 0.3) is 0 Å². The summed E-state index contributed by atoms with van der Waals surface area (Å²) in [6.45, 7) is 7.89. The Morgan fingerprint density at radius 2 is 2.10 bits per heavy atom. The summed E-state index contributed by atoms with van der Waals surface area (Å²) in [5, 5.41) is 4.31. The van der Waals surface area contributed by atoms with Gasteiger partial charge in [0.1, 0.15) is 4.90 Å². The third kappa shape index (κ3) is 2.62. The van der Waals surface area contributed by atoms with Gasteiger partial charge in [-0.1, -0.05) is 13.3 Å². The largest absolute Gasteiger partial charge is 0.329 e. The molecule has 0 aromatic carbocycles. The number of sulfonamides is 1. The average Bonchev–Trinajstić information content (AvgIpc) is 2.96. The summed E-state index contributed by atoms with van der Waals surface area (Å²) in [5.41, 5.74) is 6.79. The van der Waals surface area contributed by atoms with Gasteiger partial charge in [0.15, 0.2) is 0 Å². The maximum absolute atomic E-state index is 12.8. The van der Waals surface area contributed by atoms with Crippen LogP contribution in [0, 0.1) is 19.8 Å². The van der Waals surface area contributed by atoms with E-state index in [1.807, 2.05) is 0 Å². The lowest BCUT2D eigenvalue weighted by Crippen LogP contribution is -2.29. The predicted molar refractivity (Wildman–Crippen MR) is 77.9 cm³/mol. The monoisotopic (exact) mass is 300 g/mol. The summed E-state index contributed by atoms with van der Waals surface area (Å²) in [5.74, 6) is 0.476. The Morgan fingerprint density at radius 1 is 1.40 bits per heavy atom. The number of nitrogens with two attached hydrogens (primary N) is 1. The molecule has 1 aromatic heterocycles. The highest BCUT2D eigenvalue weighted by Gasteiger charge is 2.35. The standard InChI is InChI=1S/C13H24N4O2S/c1-4-12-5-7-16(9-12)20(18,19)13-10(2)15-17(8-6-14)11(13)3/h12H,4-9,14H2,1-3H3. The lowest BCUT2D eigenvalue weighted by Gasteiger charge is -2.16. The van der Waals surface area contributed by atoms with Gasteiger partial charge in [0, 0.05) is 19.6 Å². The number of aromatic nitrogens is 2. The highest BCUT2D eigenvalue weighted by atomic mass is 32.2. The van der Waals surface area contributed by atoms with Crippen molar-refractivity contribution in [2.75, 3.05) is 19.6 Å². The van der Waals surface area contributed by atoms with Crippen molar-refractivity contribution >= 4 is 10.0 Å². The number of aryl methyl sites for hydroxylation is 1. The zero-order valence-electron chi connectivity index (χ0n) is 12.5. The molecule has 1 atom stereocenters. The van der Waals surface area contributed by atoms with Gasteiger partial charge in [0.05, 0.1) is 17.9 Å². The van der Waals surface area contributed by atoms with Gasteiger partial charge in [0.2, 0.25) is 10.0 Å². The average molecular weight is 300 g/mol. The fourth-order valence-electron chi connectivity index (χ4n) is 2.87. The van der Waals surface area contributed by atoms with E-state index in [1.54, 1.807) is 22.8 Å². The van der Waals surface area contributed by atoms with Crippen LogP contribution in [0.5, 0.6) is 0 Å². The van der Waals surface area contributed by atoms with E-state index >= 15 is 0 Å². The van der Waals surface area contributed by atoms with E-state index in [-0.39, 0.29) is 0 Å². The fraction of sp³-hybridized carbons (Fsp3) is 0.769. The second-order valence-corrected chi connectivity index (χ2v) is 7.31. The molecule has 0 radical (unpaired) electrons. The Kier molecular flexibility index (Phi) is 4.51. The van der Waals surface area contributed by atoms with Crippen molar-refractivity contribution in [2.45, 2.75) is 45.1 Å². The number of nitrogens with zero attached hydrogens (tertiary/aromatic N) is 3. The van der Waals surface area contributed by atoms with Gasteiger partial charge in [-0.15, -0.1) is 0 Å². The normalized spacial score (nSPS) is 20.7. The van der Waals surface area contributed by atoms with Gasteiger partial charge < -0.3 is 5.73 Å². The van der Waals surface area contributed by atoms with Gasteiger partial charge in [-0.3, -0.25) is 4.68 Å². The van der Waals surface area contributed by atoms with E-state index < -0.39 is 10.0 Å². The minimum atomic E-state index is -3.43. The first kappa shape index (κ1) is 15.5. The topological polar surface area (TPSA) is 81.2 Å². The number of hydrogen-bond donors (Lipinski definition) is 1. The van der Waals surface area contributed by atoms with Crippen LogP contribution in [-0.4, -0.2) is 42.1 Å². The van der Waals surface area contributed by atoms with E-state index in [0.717, 1.165) is 12.8 Å². The molecule has 1 aliphatic heterocycles. The molecule has 0 saturated carbocycles. The summed E-state index contributed by atoms with van der Waals surface area (Å²) < 4.78 is 28.9. The molecular formula is C13H24N4O2S. The Labute approximate surface area is 121 Å². The molecule has 2 rings (SSSR count). The SMILES string of the molecule is CCC1CCN(S(=O)(=O)c2c(C)nn(CCN)c2C)C1. The van der Waals surface area contributed by atoms with Crippen LogP contribution in [0.1, 0.15) is 31.2 Å². The highest BCUT2D eigenvalue weighted by Crippen LogP contribution is 2.29. The molecule has 1 aliphatic rings. The molecule has 0 bridgehead atoms. The lowest BCUT2D eigenvalue weighted by atomic mass is 10.1. The minimum absolute atomic E-state index is 0.364. The molecule has 7 heteroatoms. The van der Waals surface area contributed by atoms with Crippen LogP contribution < -0.4 is 5.73 Å². The van der Waals surface area contributed by atoms with Crippen molar-refractivity contribution in [3.63, 3.8) is 0 Å². The lowest BCUT2D eigenvalue weighted by molar-refractivity contribution is 0.452. The van der Waals surface area contributed by atoms with Gasteiger partial charge >= 0.3 is 0 Å². The van der Waals surface area contributed by atoms with Crippen molar-refractivity contribution in [3.8, 4) is 0 Å². The first-order valence-corrected chi connectivity index (χ1v) is 8.60. The Hall–Kier alpha value is -0.920. The first-order chi connectivity index (χ1) is 9.41. The maximum atomic E-state index is 12.8. The third-order valence-corrected chi connectivity index (χ3v) is 6.20. The van der Waals surface area contributed by atoms with Crippen LogP contribution >= 0.6 is 0 Å². The molecule has 0 aliphatic carbocycles. The summed E-state index contributed by atoms with van der Waals surface area (Å²) in [6, 6.07) is 0. The summed E-state index contributed by atoms with van der Waals surface area (Å²) in [4.78, 5) is 0.364. The third-order valence-electron chi connectivity index (χ3n) is 4.08. The van der Waals surface area contributed by atoms with Gasteiger partial charge in [-0.2, -0.15) is 9.40 Å². The molecule has 0 amide bonds. The van der Waals surface area contributed by atoms with E-state index in [2.05, 4.69) is 12.0 Å². The van der Waals surface area contributed by atoms with Crippen LogP contribution in [-0.2, 0) is 16.6 Å². The zero-order valence-corrected chi connectivity index (χ0v) is 13.3. The van der Waals surface area contributed by atoms with E-state index in [4.69, 9.17) is 5.73 Å². The molecule has 1 saturated heterocycles. The molecule has 114 valence electrons. The van der Waals surface area contributed by atoms with Crippen molar-refractivity contribution in [1.82, 2.24) is 14.1 Å². The molecule has 1 aromatic rings. The van der Waals surface area contributed by atoms with Crippen LogP contribution in [0.3, 0.4) is 0 Å².